The fraction of sp³-hybridized carbons (Fsp3) is 0.600. The van der Waals surface area contributed by atoms with Gasteiger partial charge in [-0.3, -0.25) is 0 Å². The molecular formula is C15H24N2O2S. The molecule has 20 heavy (non-hydrogen) atoms. The Balaban J connectivity index is 1.91. The zero-order valence-electron chi connectivity index (χ0n) is 12.0. The second kappa shape index (κ2) is 6.70. The molecule has 5 heteroatoms. The van der Waals surface area contributed by atoms with E-state index in [1.165, 1.54) is 5.56 Å². The highest BCUT2D eigenvalue weighted by atomic mass is 32.2. The average molecular weight is 296 g/mol. The van der Waals surface area contributed by atoms with Crippen LogP contribution in [-0.4, -0.2) is 50.5 Å². The van der Waals surface area contributed by atoms with Gasteiger partial charge in [0.1, 0.15) is 0 Å². The number of hydrogen-bond acceptors (Lipinski definition) is 4. The maximum atomic E-state index is 11.8. The van der Waals surface area contributed by atoms with E-state index in [-0.39, 0.29) is 17.5 Å². The third kappa shape index (κ3) is 4.04. The lowest BCUT2D eigenvalue weighted by Gasteiger charge is -2.16. The summed E-state index contributed by atoms with van der Waals surface area (Å²) in [5.41, 5.74) is 7.46. The Morgan fingerprint density at radius 1 is 1.20 bits per heavy atom. The zero-order chi connectivity index (χ0) is 14.6. The quantitative estimate of drug-likeness (QED) is 0.858. The fourth-order valence-electron chi connectivity index (χ4n) is 2.83. The standard InChI is InChI=1S/C15H24N2O2S/c1-2-9-20(18,19)10-8-17-11-14(15(16)12-17)13-6-4-3-5-7-13/h3-7,14-15H,2,8-12,16H2,1H3/t14-,15+/m0/s1. The van der Waals surface area contributed by atoms with Crippen LogP contribution in [0.5, 0.6) is 0 Å². The van der Waals surface area contributed by atoms with Crippen molar-refractivity contribution in [3.05, 3.63) is 35.9 Å². The van der Waals surface area contributed by atoms with E-state index in [0.717, 1.165) is 13.1 Å². The molecule has 1 aliphatic rings. The van der Waals surface area contributed by atoms with Gasteiger partial charge in [0.05, 0.1) is 5.75 Å². The zero-order valence-corrected chi connectivity index (χ0v) is 12.8. The van der Waals surface area contributed by atoms with Gasteiger partial charge in [-0.15, -0.1) is 0 Å². The van der Waals surface area contributed by atoms with Crippen molar-refractivity contribution in [2.45, 2.75) is 25.3 Å². The first-order chi connectivity index (χ1) is 9.52. The van der Waals surface area contributed by atoms with Gasteiger partial charge in [-0.2, -0.15) is 0 Å². The van der Waals surface area contributed by atoms with Gasteiger partial charge in [-0.25, -0.2) is 8.42 Å². The lowest BCUT2D eigenvalue weighted by atomic mass is 9.95. The first kappa shape index (κ1) is 15.5. The highest BCUT2D eigenvalue weighted by Crippen LogP contribution is 2.26. The predicted molar refractivity (Wildman–Crippen MR) is 82.5 cm³/mol. The molecule has 0 radical (unpaired) electrons. The number of sulfone groups is 1. The van der Waals surface area contributed by atoms with Crippen molar-refractivity contribution in [2.24, 2.45) is 5.73 Å². The first-order valence-electron chi connectivity index (χ1n) is 7.25. The lowest BCUT2D eigenvalue weighted by molar-refractivity contribution is 0.351. The van der Waals surface area contributed by atoms with Crippen molar-refractivity contribution in [1.29, 1.82) is 0 Å². The number of likely N-dealkylation sites (tertiary alicyclic amines) is 1. The third-order valence-electron chi connectivity index (χ3n) is 3.90. The van der Waals surface area contributed by atoms with Gasteiger partial charge in [0.25, 0.3) is 0 Å². The maximum absolute atomic E-state index is 11.8. The largest absolute Gasteiger partial charge is 0.326 e. The van der Waals surface area contributed by atoms with E-state index >= 15 is 0 Å². The minimum atomic E-state index is -2.90. The van der Waals surface area contributed by atoms with Gasteiger partial charge >= 0.3 is 0 Å². The molecule has 1 aliphatic heterocycles. The second-order valence-electron chi connectivity index (χ2n) is 5.59. The van der Waals surface area contributed by atoms with E-state index < -0.39 is 9.84 Å². The summed E-state index contributed by atoms with van der Waals surface area (Å²) in [4.78, 5) is 2.18. The van der Waals surface area contributed by atoms with Crippen molar-refractivity contribution >= 4 is 9.84 Å². The molecule has 2 rings (SSSR count). The molecule has 0 spiro atoms. The summed E-state index contributed by atoms with van der Waals surface area (Å²) in [6.45, 7) is 4.13. The molecule has 1 aromatic rings. The minimum absolute atomic E-state index is 0.0891. The lowest BCUT2D eigenvalue weighted by Crippen LogP contribution is -2.31. The van der Waals surface area contributed by atoms with E-state index in [9.17, 15) is 8.42 Å². The summed E-state index contributed by atoms with van der Waals surface area (Å²) in [6, 6.07) is 10.3. The monoisotopic (exact) mass is 296 g/mol. The number of hydrogen-bond donors (Lipinski definition) is 1. The SMILES string of the molecule is CCCS(=O)(=O)CCN1C[C@@H](N)[C@H](c2ccccc2)C1. The van der Waals surface area contributed by atoms with Crippen LogP contribution in [0.2, 0.25) is 0 Å². The van der Waals surface area contributed by atoms with E-state index in [0.29, 0.717) is 18.9 Å². The maximum Gasteiger partial charge on any atom is 0.151 e. The molecule has 1 heterocycles. The minimum Gasteiger partial charge on any atom is -0.326 e. The molecular weight excluding hydrogens is 272 g/mol. The summed E-state index contributed by atoms with van der Waals surface area (Å²) in [6.07, 6.45) is 0.689. The molecule has 2 atom stereocenters. The third-order valence-corrected chi connectivity index (χ3v) is 5.74. The van der Waals surface area contributed by atoms with Crippen LogP contribution in [0.4, 0.5) is 0 Å². The summed E-state index contributed by atoms with van der Waals surface area (Å²) in [5.74, 6) is 0.842. The molecule has 2 N–H and O–H groups in total. The van der Waals surface area contributed by atoms with E-state index in [2.05, 4.69) is 17.0 Å². The molecule has 0 amide bonds. The van der Waals surface area contributed by atoms with Crippen LogP contribution in [0, 0.1) is 0 Å². The predicted octanol–water partition coefficient (Wildman–Crippen LogP) is 1.24. The molecule has 1 fully saturated rings. The summed E-state index contributed by atoms with van der Waals surface area (Å²) in [5, 5.41) is 0. The normalized spacial score (nSPS) is 24.1. The van der Waals surface area contributed by atoms with Gasteiger partial charge in [0.15, 0.2) is 9.84 Å². The number of nitrogens with zero attached hydrogens (tertiary/aromatic N) is 1. The second-order valence-corrected chi connectivity index (χ2v) is 7.90. The molecule has 1 saturated heterocycles. The van der Waals surface area contributed by atoms with Crippen molar-refractivity contribution in [2.75, 3.05) is 31.1 Å². The van der Waals surface area contributed by atoms with Gasteiger partial charge < -0.3 is 10.6 Å². The highest BCUT2D eigenvalue weighted by Gasteiger charge is 2.31. The molecule has 112 valence electrons. The Morgan fingerprint density at radius 2 is 1.90 bits per heavy atom. The van der Waals surface area contributed by atoms with Crippen molar-refractivity contribution in [3.63, 3.8) is 0 Å². The summed E-state index contributed by atoms with van der Waals surface area (Å²) in [7, 11) is -2.90. The van der Waals surface area contributed by atoms with Crippen LogP contribution < -0.4 is 5.73 Å². The van der Waals surface area contributed by atoms with Gasteiger partial charge in [-0.05, 0) is 12.0 Å². The van der Waals surface area contributed by atoms with Crippen molar-refractivity contribution < 1.29 is 8.42 Å². The van der Waals surface area contributed by atoms with Crippen LogP contribution >= 0.6 is 0 Å². The van der Waals surface area contributed by atoms with Gasteiger partial charge in [0, 0.05) is 37.3 Å². The number of rotatable bonds is 6. The fourth-order valence-corrected chi connectivity index (χ4v) is 4.19. The van der Waals surface area contributed by atoms with Crippen LogP contribution in [0.25, 0.3) is 0 Å². The number of benzene rings is 1. The van der Waals surface area contributed by atoms with Crippen LogP contribution in [0.15, 0.2) is 30.3 Å². The van der Waals surface area contributed by atoms with Crippen LogP contribution in [0.3, 0.4) is 0 Å². The Hall–Kier alpha value is -0.910. The first-order valence-corrected chi connectivity index (χ1v) is 9.07. The summed E-state index contributed by atoms with van der Waals surface area (Å²) >= 11 is 0. The Bertz CT molecular complexity index is 516. The van der Waals surface area contributed by atoms with E-state index in [4.69, 9.17) is 5.73 Å². The summed E-state index contributed by atoms with van der Waals surface area (Å²) < 4.78 is 23.5. The Morgan fingerprint density at radius 3 is 2.55 bits per heavy atom. The number of nitrogens with two attached hydrogens (primary N) is 1. The van der Waals surface area contributed by atoms with Crippen LogP contribution in [-0.2, 0) is 9.84 Å². The molecule has 0 unspecified atom stereocenters. The Kier molecular flexibility index (Phi) is 5.18. The van der Waals surface area contributed by atoms with E-state index in [1.54, 1.807) is 0 Å². The molecule has 0 bridgehead atoms. The molecule has 1 aromatic carbocycles. The van der Waals surface area contributed by atoms with Crippen molar-refractivity contribution in [3.8, 4) is 0 Å². The molecule has 4 nitrogen and oxygen atoms in total. The highest BCUT2D eigenvalue weighted by molar-refractivity contribution is 7.91. The molecule has 0 aliphatic carbocycles. The van der Waals surface area contributed by atoms with Crippen molar-refractivity contribution in [1.82, 2.24) is 4.90 Å². The van der Waals surface area contributed by atoms with Gasteiger partial charge in [-0.1, -0.05) is 37.3 Å². The molecule has 0 aromatic heterocycles. The average Bonchev–Trinajstić information content (AvgIpc) is 2.79. The molecule has 0 saturated carbocycles. The van der Waals surface area contributed by atoms with Gasteiger partial charge in [0.2, 0.25) is 0 Å². The smallest absolute Gasteiger partial charge is 0.151 e. The topological polar surface area (TPSA) is 63.4 Å². The van der Waals surface area contributed by atoms with Crippen LogP contribution in [0.1, 0.15) is 24.8 Å². The Labute approximate surface area is 121 Å². The van der Waals surface area contributed by atoms with E-state index in [1.807, 2.05) is 25.1 Å².